The van der Waals surface area contributed by atoms with Gasteiger partial charge in [0.15, 0.2) is 0 Å². The smallest absolute Gasteiger partial charge is 0.141 e. The van der Waals surface area contributed by atoms with Crippen LogP contribution in [0.15, 0.2) is 18.5 Å². The van der Waals surface area contributed by atoms with Crippen molar-refractivity contribution in [3.05, 3.63) is 24.3 Å². The van der Waals surface area contributed by atoms with Crippen LogP contribution in [0.2, 0.25) is 0 Å². The van der Waals surface area contributed by atoms with Gasteiger partial charge >= 0.3 is 0 Å². The normalized spacial score (nSPS) is 11.8. The van der Waals surface area contributed by atoms with Crippen LogP contribution in [0.4, 0.5) is 5.82 Å². The van der Waals surface area contributed by atoms with Gasteiger partial charge in [0.25, 0.3) is 0 Å². The molecule has 0 fully saturated rings. The SMILES string of the molecule is Cn1cc(-c2cc(N)nc(CSC(C)(C)C)n2)cn1. The number of hydrogen-bond acceptors (Lipinski definition) is 5. The van der Waals surface area contributed by atoms with Gasteiger partial charge in [-0.1, -0.05) is 20.8 Å². The van der Waals surface area contributed by atoms with Crippen LogP contribution in [0.3, 0.4) is 0 Å². The quantitative estimate of drug-likeness (QED) is 0.933. The first kappa shape index (κ1) is 13.9. The maximum atomic E-state index is 5.86. The number of rotatable bonds is 3. The highest BCUT2D eigenvalue weighted by molar-refractivity contribution is 7.99. The molecule has 5 nitrogen and oxygen atoms in total. The van der Waals surface area contributed by atoms with Gasteiger partial charge < -0.3 is 5.73 Å². The molecule has 2 N–H and O–H groups in total. The summed E-state index contributed by atoms with van der Waals surface area (Å²) >= 11 is 1.80. The number of nitrogen functional groups attached to an aromatic ring is 1. The van der Waals surface area contributed by atoms with Crippen LogP contribution in [0.1, 0.15) is 26.6 Å². The zero-order valence-corrected chi connectivity index (χ0v) is 12.5. The fraction of sp³-hybridized carbons (Fsp3) is 0.462. The molecule has 6 heteroatoms. The van der Waals surface area contributed by atoms with Gasteiger partial charge in [-0.15, -0.1) is 11.8 Å². The van der Waals surface area contributed by atoms with E-state index in [-0.39, 0.29) is 4.75 Å². The summed E-state index contributed by atoms with van der Waals surface area (Å²) in [6, 6.07) is 1.78. The Bertz CT molecular complexity index is 571. The lowest BCUT2D eigenvalue weighted by atomic mass is 10.2. The van der Waals surface area contributed by atoms with E-state index >= 15 is 0 Å². The Morgan fingerprint density at radius 2 is 2.05 bits per heavy atom. The minimum atomic E-state index is 0.183. The van der Waals surface area contributed by atoms with Crippen molar-refractivity contribution >= 4 is 17.6 Å². The van der Waals surface area contributed by atoms with E-state index in [2.05, 4.69) is 35.8 Å². The van der Waals surface area contributed by atoms with Crippen molar-refractivity contribution in [3.8, 4) is 11.3 Å². The summed E-state index contributed by atoms with van der Waals surface area (Å²) < 4.78 is 1.93. The van der Waals surface area contributed by atoms with E-state index in [9.17, 15) is 0 Å². The Kier molecular flexibility index (Phi) is 3.80. The number of aryl methyl sites for hydroxylation is 1. The number of thioether (sulfide) groups is 1. The molecular weight excluding hydrogens is 258 g/mol. The molecule has 0 radical (unpaired) electrons. The fourth-order valence-corrected chi connectivity index (χ4v) is 2.26. The standard InChI is InChI=1S/C13H19N5S/c1-13(2,3)19-8-12-16-10(5-11(14)17-12)9-6-15-18(4)7-9/h5-7H,8H2,1-4H3,(H2,14,16,17). The Labute approximate surface area is 117 Å². The molecule has 0 saturated heterocycles. The molecule has 2 aromatic rings. The largest absolute Gasteiger partial charge is 0.384 e. The maximum absolute atomic E-state index is 5.86. The molecule has 0 amide bonds. The van der Waals surface area contributed by atoms with E-state index in [1.165, 1.54) is 0 Å². The highest BCUT2D eigenvalue weighted by atomic mass is 32.2. The second-order valence-electron chi connectivity index (χ2n) is 5.40. The molecular formula is C13H19N5S. The summed E-state index contributed by atoms with van der Waals surface area (Å²) in [5.41, 5.74) is 7.64. The van der Waals surface area contributed by atoms with Crippen molar-refractivity contribution < 1.29 is 0 Å². The van der Waals surface area contributed by atoms with Crippen molar-refractivity contribution in [2.24, 2.45) is 7.05 Å². The van der Waals surface area contributed by atoms with Crippen LogP contribution in [-0.4, -0.2) is 24.5 Å². The Balaban J connectivity index is 2.25. The van der Waals surface area contributed by atoms with Crippen LogP contribution in [0, 0.1) is 0 Å². The zero-order valence-electron chi connectivity index (χ0n) is 11.7. The molecule has 0 atom stereocenters. The van der Waals surface area contributed by atoms with Gasteiger partial charge in [0.1, 0.15) is 11.6 Å². The summed E-state index contributed by atoms with van der Waals surface area (Å²) in [5, 5.41) is 4.15. The molecule has 2 rings (SSSR count). The van der Waals surface area contributed by atoms with Gasteiger partial charge in [-0.2, -0.15) is 5.10 Å². The predicted molar refractivity (Wildman–Crippen MR) is 79.7 cm³/mol. The summed E-state index contributed by atoms with van der Waals surface area (Å²) in [7, 11) is 1.88. The second kappa shape index (κ2) is 5.21. The van der Waals surface area contributed by atoms with Crippen molar-refractivity contribution in [1.29, 1.82) is 0 Å². The molecule has 0 bridgehead atoms. The van der Waals surface area contributed by atoms with Gasteiger partial charge in [-0.3, -0.25) is 4.68 Å². The molecule has 19 heavy (non-hydrogen) atoms. The van der Waals surface area contributed by atoms with Gasteiger partial charge in [0.2, 0.25) is 0 Å². The maximum Gasteiger partial charge on any atom is 0.141 e. The third-order valence-corrected chi connectivity index (χ3v) is 3.70. The molecule has 0 spiro atoms. The molecule has 0 aromatic carbocycles. The second-order valence-corrected chi connectivity index (χ2v) is 7.20. The summed E-state index contributed by atoms with van der Waals surface area (Å²) in [6.07, 6.45) is 3.70. The summed E-state index contributed by atoms with van der Waals surface area (Å²) in [4.78, 5) is 8.84. The Hall–Kier alpha value is -1.56. The first-order valence-electron chi connectivity index (χ1n) is 6.10. The highest BCUT2D eigenvalue weighted by Gasteiger charge is 2.13. The first-order valence-corrected chi connectivity index (χ1v) is 7.08. The van der Waals surface area contributed by atoms with Gasteiger partial charge in [0, 0.05) is 29.6 Å². The summed E-state index contributed by atoms with van der Waals surface area (Å²) in [6.45, 7) is 6.52. The number of aromatic nitrogens is 4. The third kappa shape index (κ3) is 3.96. The van der Waals surface area contributed by atoms with Crippen molar-refractivity contribution in [1.82, 2.24) is 19.7 Å². The van der Waals surface area contributed by atoms with Crippen LogP contribution in [0.5, 0.6) is 0 Å². The highest BCUT2D eigenvalue weighted by Crippen LogP contribution is 2.27. The molecule has 102 valence electrons. The first-order chi connectivity index (χ1) is 8.83. The zero-order chi connectivity index (χ0) is 14.0. The molecule has 0 unspecified atom stereocenters. The van der Waals surface area contributed by atoms with Crippen LogP contribution < -0.4 is 5.73 Å². The van der Waals surface area contributed by atoms with Crippen molar-refractivity contribution in [2.45, 2.75) is 31.3 Å². The predicted octanol–water partition coefficient (Wildman–Crippen LogP) is 2.49. The molecule has 2 aromatic heterocycles. The minimum Gasteiger partial charge on any atom is -0.384 e. The Morgan fingerprint density at radius 3 is 2.63 bits per heavy atom. The monoisotopic (exact) mass is 277 g/mol. The van der Waals surface area contributed by atoms with E-state index in [4.69, 9.17) is 5.73 Å². The third-order valence-electron chi connectivity index (χ3n) is 2.43. The van der Waals surface area contributed by atoms with Gasteiger partial charge in [-0.05, 0) is 0 Å². The van der Waals surface area contributed by atoms with Crippen LogP contribution >= 0.6 is 11.8 Å². The van der Waals surface area contributed by atoms with E-state index in [0.29, 0.717) is 5.82 Å². The van der Waals surface area contributed by atoms with Gasteiger partial charge in [0.05, 0.1) is 17.6 Å². The number of nitrogens with zero attached hydrogens (tertiary/aromatic N) is 4. The van der Waals surface area contributed by atoms with Crippen LogP contribution in [-0.2, 0) is 12.8 Å². The van der Waals surface area contributed by atoms with Crippen LogP contribution in [0.25, 0.3) is 11.3 Å². The molecule has 0 aliphatic heterocycles. The number of nitrogens with two attached hydrogens (primary N) is 1. The molecule has 0 saturated carbocycles. The number of anilines is 1. The van der Waals surface area contributed by atoms with E-state index in [1.807, 2.05) is 13.2 Å². The lowest BCUT2D eigenvalue weighted by Gasteiger charge is -2.16. The number of hydrogen-bond donors (Lipinski definition) is 1. The molecule has 2 heterocycles. The topological polar surface area (TPSA) is 69.6 Å². The lowest BCUT2D eigenvalue weighted by molar-refractivity contribution is 0.768. The van der Waals surface area contributed by atoms with E-state index in [0.717, 1.165) is 22.8 Å². The average molecular weight is 277 g/mol. The van der Waals surface area contributed by atoms with E-state index < -0.39 is 0 Å². The van der Waals surface area contributed by atoms with Gasteiger partial charge in [-0.25, -0.2) is 9.97 Å². The molecule has 0 aliphatic rings. The van der Waals surface area contributed by atoms with Crippen molar-refractivity contribution in [2.75, 3.05) is 5.73 Å². The minimum absolute atomic E-state index is 0.183. The van der Waals surface area contributed by atoms with Crippen molar-refractivity contribution in [3.63, 3.8) is 0 Å². The lowest BCUT2D eigenvalue weighted by Crippen LogP contribution is -2.09. The Morgan fingerprint density at radius 1 is 1.32 bits per heavy atom. The fourth-order valence-electron chi connectivity index (χ4n) is 1.56. The summed E-state index contributed by atoms with van der Waals surface area (Å²) in [5.74, 6) is 2.01. The van der Waals surface area contributed by atoms with E-state index in [1.54, 1.807) is 28.7 Å². The average Bonchev–Trinajstić information content (AvgIpc) is 2.72. The molecule has 0 aliphatic carbocycles.